The van der Waals surface area contributed by atoms with Crippen molar-refractivity contribution in [1.29, 1.82) is 0 Å². The zero-order valence-electron chi connectivity index (χ0n) is 11.4. The molecule has 1 heterocycles. The molecule has 1 aliphatic rings. The van der Waals surface area contributed by atoms with Crippen molar-refractivity contribution < 1.29 is 8.42 Å². The summed E-state index contributed by atoms with van der Waals surface area (Å²) in [6.45, 7) is 3.88. The van der Waals surface area contributed by atoms with Gasteiger partial charge in [0.2, 0.25) is 10.0 Å². The standard InChI is InChI=1S/C13H18BrClN2O2S/c1-8-4-3-5-9(2)17(8)20(18,19)12-7-10(15)6-11(16)13(12)14/h6-9H,3-5,16H2,1-2H3/t8-,9+. The highest BCUT2D eigenvalue weighted by Gasteiger charge is 2.37. The molecule has 1 aliphatic heterocycles. The molecule has 1 fully saturated rings. The van der Waals surface area contributed by atoms with Crippen molar-refractivity contribution in [3.63, 3.8) is 0 Å². The van der Waals surface area contributed by atoms with Gasteiger partial charge in [-0.15, -0.1) is 0 Å². The third kappa shape index (κ3) is 2.84. The third-order valence-corrected chi connectivity index (χ3v) is 7.22. The Kier molecular flexibility index (Phi) is 4.69. The Morgan fingerprint density at radius 3 is 2.40 bits per heavy atom. The first-order valence-corrected chi connectivity index (χ1v) is 9.14. The van der Waals surface area contributed by atoms with E-state index in [2.05, 4.69) is 15.9 Å². The number of hydrogen-bond donors (Lipinski definition) is 1. The molecule has 2 N–H and O–H groups in total. The Labute approximate surface area is 133 Å². The molecule has 0 radical (unpaired) electrons. The van der Waals surface area contributed by atoms with Crippen LogP contribution in [0.25, 0.3) is 0 Å². The second-order valence-electron chi connectivity index (χ2n) is 5.27. The van der Waals surface area contributed by atoms with Crippen LogP contribution in [0.15, 0.2) is 21.5 Å². The number of hydrogen-bond acceptors (Lipinski definition) is 3. The lowest BCUT2D eigenvalue weighted by Gasteiger charge is -2.37. The Bertz CT molecular complexity index is 611. The monoisotopic (exact) mass is 380 g/mol. The van der Waals surface area contributed by atoms with Crippen LogP contribution in [0.5, 0.6) is 0 Å². The molecule has 0 bridgehead atoms. The van der Waals surface area contributed by atoms with E-state index in [9.17, 15) is 8.42 Å². The molecule has 0 aliphatic carbocycles. The van der Waals surface area contributed by atoms with Crippen molar-refractivity contribution in [1.82, 2.24) is 4.31 Å². The van der Waals surface area contributed by atoms with Gasteiger partial charge in [0.1, 0.15) is 0 Å². The lowest BCUT2D eigenvalue weighted by Crippen LogP contribution is -2.47. The summed E-state index contributed by atoms with van der Waals surface area (Å²) in [5.41, 5.74) is 6.13. The first kappa shape index (κ1) is 16.1. The van der Waals surface area contributed by atoms with E-state index in [1.165, 1.54) is 12.1 Å². The van der Waals surface area contributed by atoms with Crippen LogP contribution in [0.2, 0.25) is 5.02 Å². The van der Waals surface area contributed by atoms with Crippen LogP contribution < -0.4 is 5.73 Å². The summed E-state index contributed by atoms with van der Waals surface area (Å²) in [5, 5.41) is 0.321. The highest BCUT2D eigenvalue weighted by Crippen LogP contribution is 2.36. The van der Waals surface area contributed by atoms with Crippen molar-refractivity contribution in [2.75, 3.05) is 5.73 Å². The highest BCUT2D eigenvalue weighted by atomic mass is 79.9. The maximum atomic E-state index is 12.9. The molecule has 1 aromatic carbocycles. The van der Waals surface area contributed by atoms with Crippen molar-refractivity contribution in [2.45, 2.75) is 50.1 Å². The molecule has 112 valence electrons. The third-order valence-electron chi connectivity index (χ3n) is 3.70. The summed E-state index contributed by atoms with van der Waals surface area (Å²) in [6, 6.07) is 2.95. The molecular formula is C13H18BrClN2O2S. The van der Waals surface area contributed by atoms with Crippen molar-refractivity contribution in [3.05, 3.63) is 21.6 Å². The maximum Gasteiger partial charge on any atom is 0.244 e. The van der Waals surface area contributed by atoms with E-state index in [4.69, 9.17) is 17.3 Å². The first-order chi connectivity index (χ1) is 9.25. The minimum Gasteiger partial charge on any atom is -0.398 e. The van der Waals surface area contributed by atoms with Crippen LogP contribution >= 0.6 is 27.5 Å². The minimum atomic E-state index is -3.61. The normalized spacial score (nSPS) is 24.8. The van der Waals surface area contributed by atoms with Crippen LogP contribution in [0, 0.1) is 0 Å². The van der Waals surface area contributed by atoms with E-state index >= 15 is 0 Å². The molecule has 7 heteroatoms. The van der Waals surface area contributed by atoms with Gasteiger partial charge < -0.3 is 5.73 Å². The maximum absolute atomic E-state index is 12.9. The number of nitrogens with two attached hydrogens (primary N) is 1. The summed E-state index contributed by atoms with van der Waals surface area (Å²) in [5.74, 6) is 0. The Morgan fingerprint density at radius 1 is 1.30 bits per heavy atom. The predicted molar refractivity (Wildman–Crippen MR) is 85.4 cm³/mol. The van der Waals surface area contributed by atoms with Gasteiger partial charge in [-0.2, -0.15) is 4.31 Å². The van der Waals surface area contributed by atoms with E-state index in [0.717, 1.165) is 19.3 Å². The van der Waals surface area contributed by atoms with Gasteiger partial charge in [0.25, 0.3) is 0 Å². The molecule has 0 amide bonds. The number of rotatable bonds is 2. The molecular weight excluding hydrogens is 364 g/mol. The first-order valence-electron chi connectivity index (χ1n) is 6.53. The fourth-order valence-corrected chi connectivity index (χ4v) is 5.90. The van der Waals surface area contributed by atoms with Gasteiger partial charge in [-0.05, 0) is 54.8 Å². The molecule has 4 nitrogen and oxygen atoms in total. The van der Waals surface area contributed by atoms with Crippen LogP contribution in [0.3, 0.4) is 0 Å². The molecule has 0 aromatic heterocycles. The SMILES string of the molecule is C[C@@H]1CCC[C@H](C)N1S(=O)(=O)c1cc(Cl)cc(N)c1Br. The topological polar surface area (TPSA) is 63.4 Å². The summed E-state index contributed by atoms with van der Waals surface area (Å²) in [6.07, 6.45) is 2.79. The van der Waals surface area contributed by atoms with Gasteiger partial charge in [-0.25, -0.2) is 8.42 Å². The lowest BCUT2D eigenvalue weighted by molar-refractivity contribution is 0.204. The molecule has 0 spiro atoms. The average Bonchev–Trinajstić information content (AvgIpc) is 2.33. The number of halogens is 2. The number of anilines is 1. The molecule has 2 atom stereocenters. The molecule has 1 saturated heterocycles. The molecule has 2 rings (SSSR count). The largest absolute Gasteiger partial charge is 0.398 e. The summed E-state index contributed by atoms with van der Waals surface area (Å²) >= 11 is 9.22. The highest BCUT2D eigenvalue weighted by molar-refractivity contribution is 9.10. The molecule has 20 heavy (non-hydrogen) atoms. The minimum absolute atomic E-state index is 0.0177. The van der Waals surface area contributed by atoms with E-state index in [0.29, 0.717) is 15.2 Å². The van der Waals surface area contributed by atoms with Crippen molar-refractivity contribution >= 4 is 43.2 Å². The van der Waals surface area contributed by atoms with Gasteiger partial charge in [-0.1, -0.05) is 18.0 Å². The van der Waals surface area contributed by atoms with Crippen LogP contribution in [0.1, 0.15) is 33.1 Å². The lowest BCUT2D eigenvalue weighted by atomic mass is 10.0. The number of benzene rings is 1. The second-order valence-corrected chi connectivity index (χ2v) is 8.31. The van der Waals surface area contributed by atoms with Crippen molar-refractivity contribution in [2.24, 2.45) is 0 Å². The average molecular weight is 382 g/mol. The van der Waals surface area contributed by atoms with Gasteiger partial charge in [0.05, 0.1) is 9.37 Å². The van der Waals surface area contributed by atoms with Gasteiger partial charge in [-0.3, -0.25) is 0 Å². The summed E-state index contributed by atoms with van der Waals surface area (Å²) in [4.78, 5) is 0.142. The fraction of sp³-hybridized carbons (Fsp3) is 0.538. The van der Waals surface area contributed by atoms with Gasteiger partial charge >= 0.3 is 0 Å². The zero-order valence-corrected chi connectivity index (χ0v) is 14.6. The van der Waals surface area contributed by atoms with Crippen molar-refractivity contribution in [3.8, 4) is 0 Å². The van der Waals surface area contributed by atoms with Crippen LogP contribution in [0.4, 0.5) is 5.69 Å². The molecule has 0 unspecified atom stereocenters. The summed E-state index contributed by atoms with van der Waals surface area (Å²) in [7, 11) is -3.61. The van der Waals surface area contributed by atoms with E-state index in [1.807, 2.05) is 13.8 Å². The van der Waals surface area contributed by atoms with E-state index < -0.39 is 10.0 Å². The van der Waals surface area contributed by atoms with Crippen LogP contribution in [-0.4, -0.2) is 24.8 Å². The quantitative estimate of drug-likeness (QED) is 0.796. The van der Waals surface area contributed by atoms with E-state index in [1.54, 1.807) is 4.31 Å². The summed E-state index contributed by atoms with van der Waals surface area (Å²) < 4.78 is 27.8. The van der Waals surface area contributed by atoms with E-state index in [-0.39, 0.29) is 17.0 Å². The zero-order chi connectivity index (χ0) is 15.1. The Hall–Kier alpha value is -0.300. The second kappa shape index (κ2) is 5.83. The Morgan fingerprint density at radius 2 is 1.85 bits per heavy atom. The molecule has 1 aromatic rings. The van der Waals surface area contributed by atoms with Gasteiger partial charge in [0.15, 0.2) is 0 Å². The number of piperidine rings is 1. The molecule has 0 saturated carbocycles. The number of nitrogens with zero attached hydrogens (tertiary/aromatic N) is 1. The number of nitrogen functional groups attached to an aromatic ring is 1. The predicted octanol–water partition coefficient (Wildman–Crippen LogP) is 3.64. The van der Waals surface area contributed by atoms with Gasteiger partial charge in [0, 0.05) is 22.8 Å². The smallest absolute Gasteiger partial charge is 0.244 e. The van der Waals surface area contributed by atoms with Crippen LogP contribution in [-0.2, 0) is 10.0 Å². The number of sulfonamides is 1. The Balaban J connectivity index is 2.55. The fourth-order valence-electron chi connectivity index (χ4n) is 2.76.